The van der Waals surface area contributed by atoms with E-state index in [4.69, 9.17) is 0 Å². The molecule has 0 fully saturated rings. The normalized spacial score (nSPS) is 14.4. The molecule has 0 radical (unpaired) electrons. The quantitative estimate of drug-likeness (QED) is 0.464. The average Bonchev–Trinajstić information content (AvgIpc) is 3.15. The first-order valence-corrected chi connectivity index (χ1v) is 11.5. The van der Waals surface area contributed by atoms with Crippen molar-refractivity contribution in [2.24, 2.45) is 4.99 Å². The molecule has 0 aromatic heterocycles. The van der Waals surface area contributed by atoms with E-state index in [1.807, 2.05) is 30.3 Å². The van der Waals surface area contributed by atoms with Crippen molar-refractivity contribution in [2.45, 2.75) is 6.54 Å². The maximum Gasteiger partial charge on any atom is 0.283 e. The molecule has 3 aromatic carbocycles. The van der Waals surface area contributed by atoms with Gasteiger partial charge in [-0.3, -0.25) is 14.5 Å². The molecule has 34 heavy (non-hydrogen) atoms. The van der Waals surface area contributed by atoms with Crippen LogP contribution in [0.15, 0.2) is 89.6 Å². The first-order valence-electron chi connectivity index (χ1n) is 10.5. The Labute approximate surface area is 200 Å². The highest BCUT2D eigenvalue weighted by Gasteiger charge is 2.32. The van der Waals surface area contributed by atoms with Crippen molar-refractivity contribution < 1.29 is 18.4 Å². The van der Waals surface area contributed by atoms with Crippen LogP contribution in [0.5, 0.6) is 0 Å². The molecular weight excluding hydrogens is 456 g/mol. The van der Waals surface area contributed by atoms with Gasteiger partial charge in [-0.1, -0.05) is 54.2 Å². The SMILES string of the molecule is CN(Cc1ccc(F)cc1)C(=O)CSC1=N/C(=C\c2ccccc2)C(=O)N1c1ccc(F)cc1. The molecule has 0 saturated carbocycles. The van der Waals surface area contributed by atoms with Crippen LogP contribution in [0.1, 0.15) is 11.1 Å². The summed E-state index contributed by atoms with van der Waals surface area (Å²) < 4.78 is 26.6. The van der Waals surface area contributed by atoms with E-state index in [1.54, 1.807) is 25.3 Å². The van der Waals surface area contributed by atoms with E-state index in [0.29, 0.717) is 17.4 Å². The van der Waals surface area contributed by atoms with Gasteiger partial charge in [0, 0.05) is 13.6 Å². The van der Waals surface area contributed by atoms with E-state index < -0.39 is 5.82 Å². The lowest BCUT2D eigenvalue weighted by Crippen LogP contribution is -2.33. The molecular formula is C26H21F2N3O2S. The number of hydrogen-bond donors (Lipinski definition) is 0. The van der Waals surface area contributed by atoms with Crippen LogP contribution < -0.4 is 4.90 Å². The molecule has 2 amide bonds. The molecule has 0 spiro atoms. The predicted octanol–water partition coefficient (Wildman–Crippen LogP) is 5.10. The third-order valence-corrected chi connectivity index (χ3v) is 6.02. The standard InChI is InChI=1S/C26H21F2N3O2S/c1-30(16-19-7-9-20(27)10-8-19)24(32)17-34-26-29-23(15-18-5-3-2-4-6-18)25(33)31(26)22-13-11-21(28)12-14-22/h2-15H,16-17H2,1H3/b23-15-. The molecule has 0 bridgehead atoms. The predicted molar refractivity (Wildman–Crippen MR) is 131 cm³/mol. The molecule has 0 saturated heterocycles. The second-order valence-electron chi connectivity index (χ2n) is 7.62. The van der Waals surface area contributed by atoms with E-state index in [2.05, 4.69) is 4.99 Å². The van der Waals surface area contributed by atoms with Gasteiger partial charge in [-0.15, -0.1) is 0 Å². The summed E-state index contributed by atoms with van der Waals surface area (Å²) in [5.74, 6) is -1.24. The number of carbonyl (C=O) groups excluding carboxylic acids is 2. The molecule has 172 valence electrons. The number of thioether (sulfide) groups is 1. The Hall–Kier alpha value is -3.78. The van der Waals surface area contributed by atoms with Crippen molar-refractivity contribution in [3.63, 3.8) is 0 Å². The summed E-state index contributed by atoms with van der Waals surface area (Å²) in [5, 5.41) is 0.335. The molecule has 3 aromatic rings. The molecule has 1 aliphatic heterocycles. The number of benzene rings is 3. The van der Waals surface area contributed by atoms with Crippen molar-refractivity contribution in [1.82, 2.24) is 4.90 Å². The van der Waals surface area contributed by atoms with Gasteiger partial charge in [-0.05, 0) is 53.6 Å². The monoisotopic (exact) mass is 477 g/mol. The Morgan fingerprint density at radius 2 is 1.59 bits per heavy atom. The number of halogens is 2. The molecule has 8 heteroatoms. The molecule has 0 aliphatic carbocycles. The number of rotatable bonds is 6. The Bertz CT molecular complexity index is 1240. The molecule has 4 rings (SSSR count). The van der Waals surface area contributed by atoms with Gasteiger partial charge in [0.05, 0.1) is 11.4 Å². The van der Waals surface area contributed by atoms with Gasteiger partial charge in [-0.25, -0.2) is 13.8 Å². The average molecular weight is 478 g/mol. The summed E-state index contributed by atoms with van der Waals surface area (Å²) in [4.78, 5) is 33.3. The van der Waals surface area contributed by atoms with Gasteiger partial charge in [0.25, 0.3) is 5.91 Å². The number of nitrogens with zero attached hydrogens (tertiary/aromatic N) is 3. The van der Waals surface area contributed by atoms with Gasteiger partial charge < -0.3 is 4.90 Å². The number of anilines is 1. The second-order valence-corrected chi connectivity index (χ2v) is 8.56. The van der Waals surface area contributed by atoms with Crippen molar-refractivity contribution in [2.75, 3.05) is 17.7 Å². The summed E-state index contributed by atoms with van der Waals surface area (Å²) in [6.07, 6.45) is 1.68. The van der Waals surface area contributed by atoms with Crippen molar-refractivity contribution in [1.29, 1.82) is 0 Å². The van der Waals surface area contributed by atoms with Gasteiger partial charge in [-0.2, -0.15) is 0 Å². The number of carbonyl (C=O) groups is 2. The van der Waals surface area contributed by atoms with Crippen molar-refractivity contribution >= 4 is 40.5 Å². The molecule has 1 aliphatic rings. The topological polar surface area (TPSA) is 53.0 Å². The number of aliphatic imine (C=N–C) groups is 1. The van der Waals surface area contributed by atoms with Crippen LogP contribution in [0, 0.1) is 11.6 Å². The first kappa shape index (κ1) is 23.4. The first-order chi connectivity index (χ1) is 16.4. The van der Waals surface area contributed by atoms with Gasteiger partial charge in [0.2, 0.25) is 5.91 Å². The highest BCUT2D eigenvalue weighted by Crippen LogP contribution is 2.29. The Kier molecular flexibility index (Phi) is 7.18. The minimum Gasteiger partial charge on any atom is -0.341 e. The van der Waals surface area contributed by atoms with Crippen LogP contribution in [0.3, 0.4) is 0 Å². The lowest BCUT2D eigenvalue weighted by atomic mass is 10.2. The minimum atomic E-state index is -0.417. The Morgan fingerprint density at radius 3 is 2.24 bits per heavy atom. The molecule has 0 N–H and O–H groups in total. The maximum atomic E-state index is 13.5. The highest BCUT2D eigenvalue weighted by atomic mass is 32.2. The summed E-state index contributed by atoms with van der Waals surface area (Å²) in [5.41, 5.74) is 2.30. The van der Waals surface area contributed by atoms with Crippen LogP contribution >= 0.6 is 11.8 Å². The smallest absolute Gasteiger partial charge is 0.283 e. The van der Waals surface area contributed by atoms with Crippen LogP contribution in [0.25, 0.3) is 6.08 Å². The fourth-order valence-corrected chi connectivity index (χ4v) is 4.26. The fourth-order valence-electron chi connectivity index (χ4n) is 3.31. The number of hydrogen-bond acceptors (Lipinski definition) is 4. The Morgan fingerprint density at radius 1 is 0.971 bits per heavy atom. The van der Waals surface area contributed by atoms with Crippen molar-refractivity contribution in [3.8, 4) is 0 Å². The highest BCUT2D eigenvalue weighted by molar-refractivity contribution is 8.14. The summed E-state index contributed by atoms with van der Waals surface area (Å²) in [7, 11) is 1.66. The second kappa shape index (κ2) is 10.4. The van der Waals surface area contributed by atoms with Gasteiger partial charge in [0.15, 0.2) is 5.17 Å². The van der Waals surface area contributed by atoms with Crippen LogP contribution in [-0.2, 0) is 16.1 Å². The molecule has 1 heterocycles. The summed E-state index contributed by atoms with van der Waals surface area (Å²) in [6.45, 7) is 0.325. The lowest BCUT2D eigenvalue weighted by molar-refractivity contribution is -0.127. The fraction of sp³-hybridized carbons (Fsp3) is 0.115. The number of amidine groups is 1. The van der Waals surface area contributed by atoms with Gasteiger partial charge >= 0.3 is 0 Å². The largest absolute Gasteiger partial charge is 0.341 e. The third-order valence-electron chi connectivity index (χ3n) is 5.10. The zero-order valence-corrected chi connectivity index (χ0v) is 19.1. The van der Waals surface area contributed by atoms with E-state index >= 15 is 0 Å². The van der Waals surface area contributed by atoms with Crippen LogP contribution in [0.4, 0.5) is 14.5 Å². The lowest BCUT2D eigenvalue weighted by Gasteiger charge is -2.20. The van der Waals surface area contributed by atoms with E-state index in [0.717, 1.165) is 22.9 Å². The summed E-state index contributed by atoms with van der Waals surface area (Å²) >= 11 is 1.13. The third kappa shape index (κ3) is 5.58. The van der Waals surface area contributed by atoms with E-state index in [-0.39, 0.29) is 29.1 Å². The molecule has 0 atom stereocenters. The minimum absolute atomic E-state index is 0.0418. The number of amides is 2. The maximum absolute atomic E-state index is 13.5. The zero-order valence-electron chi connectivity index (χ0n) is 18.3. The van der Waals surface area contributed by atoms with E-state index in [1.165, 1.54) is 46.2 Å². The summed E-state index contributed by atoms with van der Waals surface area (Å²) in [6, 6.07) is 20.8. The molecule has 5 nitrogen and oxygen atoms in total. The molecule has 0 unspecified atom stereocenters. The van der Waals surface area contributed by atoms with Gasteiger partial charge in [0.1, 0.15) is 17.3 Å². The zero-order chi connectivity index (χ0) is 24.1. The van der Waals surface area contributed by atoms with Crippen molar-refractivity contribution in [3.05, 3.63) is 107 Å². The Balaban J connectivity index is 1.52. The van der Waals surface area contributed by atoms with Crippen LogP contribution in [-0.4, -0.2) is 34.7 Å². The van der Waals surface area contributed by atoms with Crippen LogP contribution in [0.2, 0.25) is 0 Å². The van der Waals surface area contributed by atoms with E-state index in [9.17, 15) is 18.4 Å².